The van der Waals surface area contributed by atoms with E-state index in [1.54, 1.807) is 6.07 Å². The lowest BCUT2D eigenvalue weighted by molar-refractivity contribution is 0.556. The minimum Gasteiger partial charge on any atom is -0.445 e. The molecule has 0 aromatic carbocycles. The van der Waals surface area contributed by atoms with Gasteiger partial charge in [0.1, 0.15) is 5.76 Å². The molecule has 0 spiro atoms. The summed E-state index contributed by atoms with van der Waals surface area (Å²) in [4.78, 5) is 0. The van der Waals surface area contributed by atoms with E-state index in [2.05, 4.69) is 26.1 Å². The van der Waals surface area contributed by atoms with Crippen LogP contribution in [0.15, 0.2) is 22.1 Å². The predicted octanol–water partition coefficient (Wildman–Crippen LogP) is 3.58. The zero-order valence-electron chi connectivity index (χ0n) is 9.51. The maximum absolute atomic E-state index is 5.68. The van der Waals surface area contributed by atoms with Gasteiger partial charge in [-0.25, -0.2) is 0 Å². The third-order valence-electron chi connectivity index (χ3n) is 1.94. The summed E-state index contributed by atoms with van der Waals surface area (Å²) in [5.41, 5.74) is 1.24. The van der Waals surface area contributed by atoms with Crippen molar-refractivity contribution in [3.05, 3.63) is 28.7 Å². The fraction of sp³-hybridized carbons (Fsp3) is 0.500. The summed E-state index contributed by atoms with van der Waals surface area (Å²) >= 11 is 5.68. The monoisotopic (exact) mass is 227 g/mol. The third-order valence-corrected chi connectivity index (χ3v) is 2.14. The summed E-state index contributed by atoms with van der Waals surface area (Å²) in [5, 5.41) is 3.80. The van der Waals surface area contributed by atoms with E-state index < -0.39 is 0 Å². The number of halogens is 1. The number of hydrogen-bond acceptors (Lipinski definition) is 2. The van der Waals surface area contributed by atoms with Gasteiger partial charge in [0, 0.05) is 6.54 Å². The van der Waals surface area contributed by atoms with Crippen molar-refractivity contribution >= 4 is 17.7 Å². The van der Waals surface area contributed by atoms with Crippen molar-refractivity contribution in [1.82, 2.24) is 5.32 Å². The highest BCUT2D eigenvalue weighted by Crippen LogP contribution is 2.15. The Balaban J connectivity index is 2.39. The van der Waals surface area contributed by atoms with Crippen LogP contribution >= 0.6 is 11.6 Å². The largest absolute Gasteiger partial charge is 0.445 e. The van der Waals surface area contributed by atoms with Crippen LogP contribution in [0.3, 0.4) is 0 Å². The molecule has 1 rings (SSSR count). The Morgan fingerprint density at radius 1 is 1.53 bits per heavy atom. The first kappa shape index (κ1) is 12.3. The molecule has 0 unspecified atom stereocenters. The Hall–Kier alpha value is -0.730. The third kappa shape index (κ3) is 5.05. The molecule has 84 valence electrons. The molecule has 0 aliphatic heterocycles. The molecule has 1 aromatic rings. The van der Waals surface area contributed by atoms with E-state index in [-0.39, 0.29) is 0 Å². The maximum Gasteiger partial charge on any atom is 0.193 e. The molecule has 1 heterocycles. The average Bonchev–Trinajstić information content (AvgIpc) is 2.50. The molecule has 1 N–H and O–H groups in total. The number of furan rings is 1. The van der Waals surface area contributed by atoms with Gasteiger partial charge in [-0.15, -0.1) is 0 Å². The molecule has 1 aromatic heterocycles. The summed E-state index contributed by atoms with van der Waals surface area (Å²) in [5.74, 6) is 1.49. The summed E-state index contributed by atoms with van der Waals surface area (Å²) < 4.78 is 5.24. The summed E-state index contributed by atoms with van der Waals surface area (Å²) in [6, 6.07) is 3.62. The fourth-order valence-electron chi connectivity index (χ4n) is 1.26. The Kier molecular flexibility index (Phi) is 4.92. The van der Waals surface area contributed by atoms with Gasteiger partial charge < -0.3 is 9.73 Å². The fourth-order valence-corrected chi connectivity index (χ4v) is 1.41. The van der Waals surface area contributed by atoms with Gasteiger partial charge in [-0.1, -0.05) is 19.4 Å². The van der Waals surface area contributed by atoms with E-state index in [0.717, 1.165) is 18.8 Å². The van der Waals surface area contributed by atoms with Crippen LogP contribution in [0.5, 0.6) is 0 Å². The van der Waals surface area contributed by atoms with Crippen LogP contribution in [0.1, 0.15) is 26.5 Å². The molecule has 0 bridgehead atoms. The predicted molar refractivity (Wildman–Crippen MR) is 65.1 cm³/mol. The summed E-state index contributed by atoms with van der Waals surface area (Å²) in [6.07, 6.45) is 2.00. The van der Waals surface area contributed by atoms with Crippen LogP contribution in [-0.4, -0.2) is 13.1 Å². The highest BCUT2D eigenvalue weighted by molar-refractivity contribution is 6.28. The molecule has 0 radical (unpaired) electrons. The van der Waals surface area contributed by atoms with Crippen molar-refractivity contribution in [2.75, 3.05) is 13.1 Å². The summed E-state index contributed by atoms with van der Waals surface area (Å²) in [7, 11) is 0. The van der Waals surface area contributed by atoms with E-state index in [9.17, 15) is 0 Å². The molecule has 0 amide bonds. The second kappa shape index (κ2) is 5.99. The van der Waals surface area contributed by atoms with Gasteiger partial charge in [0.05, 0.1) is 0 Å². The molecule has 0 saturated carbocycles. The van der Waals surface area contributed by atoms with Crippen molar-refractivity contribution in [3.63, 3.8) is 0 Å². The highest BCUT2D eigenvalue weighted by Gasteiger charge is 1.98. The van der Waals surface area contributed by atoms with Gasteiger partial charge in [0.2, 0.25) is 0 Å². The first-order chi connectivity index (χ1) is 7.08. The SMILES string of the molecule is CC(=Cc1ccc(Cl)o1)CNCC(C)C. The minimum absolute atomic E-state index is 0.434. The number of hydrogen-bond donors (Lipinski definition) is 1. The van der Waals surface area contributed by atoms with Crippen LogP contribution in [0.25, 0.3) is 6.08 Å². The standard InChI is InChI=1S/C12H18ClNO/c1-9(2)7-14-8-10(3)6-11-4-5-12(13)15-11/h4-6,9,14H,7-8H2,1-3H3. The minimum atomic E-state index is 0.434. The highest BCUT2D eigenvalue weighted by atomic mass is 35.5. The molecule has 3 heteroatoms. The van der Waals surface area contributed by atoms with Crippen molar-refractivity contribution in [2.45, 2.75) is 20.8 Å². The van der Waals surface area contributed by atoms with Crippen LogP contribution in [-0.2, 0) is 0 Å². The Morgan fingerprint density at radius 2 is 2.27 bits per heavy atom. The molecule has 0 aliphatic carbocycles. The van der Waals surface area contributed by atoms with Crippen LogP contribution in [0, 0.1) is 5.92 Å². The van der Waals surface area contributed by atoms with E-state index in [1.165, 1.54) is 5.57 Å². The van der Waals surface area contributed by atoms with Crippen molar-refractivity contribution in [2.24, 2.45) is 5.92 Å². The molecular weight excluding hydrogens is 210 g/mol. The van der Waals surface area contributed by atoms with Gasteiger partial charge in [-0.3, -0.25) is 0 Å². The van der Waals surface area contributed by atoms with E-state index >= 15 is 0 Å². The quantitative estimate of drug-likeness (QED) is 0.832. The first-order valence-corrected chi connectivity index (χ1v) is 5.59. The Bertz CT molecular complexity index is 328. The van der Waals surface area contributed by atoms with E-state index in [0.29, 0.717) is 11.1 Å². The van der Waals surface area contributed by atoms with Crippen molar-refractivity contribution in [3.8, 4) is 0 Å². The molecule has 15 heavy (non-hydrogen) atoms. The van der Waals surface area contributed by atoms with Gasteiger partial charge in [0.25, 0.3) is 0 Å². The second-order valence-corrected chi connectivity index (χ2v) is 4.53. The van der Waals surface area contributed by atoms with Crippen molar-refractivity contribution < 1.29 is 4.42 Å². The van der Waals surface area contributed by atoms with Gasteiger partial charge in [-0.05, 0) is 49.2 Å². The zero-order chi connectivity index (χ0) is 11.3. The van der Waals surface area contributed by atoms with Crippen LogP contribution in [0.4, 0.5) is 0 Å². The zero-order valence-corrected chi connectivity index (χ0v) is 10.3. The van der Waals surface area contributed by atoms with Gasteiger partial charge in [0.15, 0.2) is 5.22 Å². The van der Waals surface area contributed by atoms with Crippen LogP contribution < -0.4 is 5.32 Å². The molecule has 0 saturated heterocycles. The topological polar surface area (TPSA) is 25.2 Å². The molecule has 0 atom stereocenters. The molecule has 0 fully saturated rings. The average molecular weight is 228 g/mol. The van der Waals surface area contributed by atoms with Gasteiger partial charge >= 0.3 is 0 Å². The molecular formula is C12H18ClNO. The van der Waals surface area contributed by atoms with Crippen molar-refractivity contribution in [1.29, 1.82) is 0 Å². The smallest absolute Gasteiger partial charge is 0.193 e. The normalized spacial score (nSPS) is 12.5. The van der Waals surface area contributed by atoms with Crippen LogP contribution in [0.2, 0.25) is 5.22 Å². The van der Waals surface area contributed by atoms with E-state index in [1.807, 2.05) is 12.1 Å². The molecule has 0 aliphatic rings. The number of rotatable bonds is 5. The molecule has 2 nitrogen and oxygen atoms in total. The Morgan fingerprint density at radius 3 is 2.80 bits per heavy atom. The lowest BCUT2D eigenvalue weighted by atomic mass is 10.2. The maximum atomic E-state index is 5.68. The lowest BCUT2D eigenvalue weighted by Gasteiger charge is -2.06. The first-order valence-electron chi connectivity index (χ1n) is 5.21. The lowest BCUT2D eigenvalue weighted by Crippen LogP contribution is -2.21. The summed E-state index contributed by atoms with van der Waals surface area (Å²) in [6.45, 7) is 8.38. The van der Waals surface area contributed by atoms with E-state index in [4.69, 9.17) is 16.0 Å². The Labute approximate surface area is 96.3 Å². The second-order valence-electron chi connectivity index (χ2n) is 4.16. The number of nitrogens with one attached hydrogen (secondary N) is 1. The van der Waals surface area contributed by atoms with Gasteiger partial charge in [-0.2, -0.15) is 0 Å².